The van der Waals surface area contributed by atoms with Crippen LogP contribution in [0.25, 0.3) is 0 Å². The van der Waals surface area contributed by atoms with Gasteiger partial charge in [0, 0.05) is 25.8 Å². The zero-order valence-corrected chi connectivity index (χ0v) is 27.7. The topological polar surface area (TPSA) is 112 Å². The van der Waals surface area contributed by atoms with E-state index in [1.54, 1.807) is 19.1 Å². The van der Waals surface area contributed by atoms with Crippen molar-refractivity contribution >= 4 is 17.7 Å². The number of Topliss-reactive ketones (excluding diaryl/α,β-unsaturated/α-hetero) is 1. The molecule has 9 nitrogen and oxygen atoms in total. The number of benzene rings is 3. The van der Waals surface area contributed by atoms with Crippen molar-refractivity contribution in [1.82, 2.24) is 4.90 Å². The van der Waals surface area contributed by atoms with Gasteiger partial charge in [-0.15, -0.1) is 0 Å². The number of hydrogen-bond donors (Lipinski definition) is 1. The molecule has 1 aliphatic rings. The summed E-state index contributed by atoms with van der Waals surface area (Å²) < 4.78 is 22.5. The van der Waals surface area contributed by atoms with Gasteiger partial charge < -0.3 is 29.0 Å². The summed E-state index contributed by atoms with van der Waals surface area (Å²) in [4.78, 5) is 38.4. The number of β-amino-alcohol motifs (C(OH)–C–C–N with tert-alkyl or cyclic N) is 1. The van der Waals surface area contributed by atoms with Gasteiger partial charge >= 0.3 is 5.97 Å². The van der Waals surface area contributed by atoms with E-state index < -0.39 is 11.7 Å². The third-order valence-corrected chi connectivity index (χ3v) is 8.81. The molecule has 1 amide bonds. The van der Waals surface area contributed by atoms with Crippen molar-refractivity contribution in [2.45, 2.75) is 75.5 Å². The number of rotatable bonds is 18. The Labute approximate surface area is 277 Å². The lowest BCUT2D eigenvalue weighted by atomic mass is 9.80. The summed E-state index contributed by atoms with van der Waals surface area (Å²) in [6, 6.07) is 25.3. The number of nitrogens with zero attached hydrogens (tertiary/aromatic N) is 1. The Morgan fingerprint density at radius 3 is 1.83 bits per heavy atom. The molecule has 0 radical (unpaired) electrons. The number of ether oxygens (including phenoxy) is 4. The number of carbonyl (C=O) groups is 3. The second kappa shape index (κ2) is 17.6. The third kappa shape index (κ3) is 9.42. The van der Waals surface area contributed by atoms with Crippen LogP contribution in [0.15, 0.2) is 78.9 Å². The van der Waals surface area contributed by atoms with Crippen molar-refractivity contribution in [3.05, 3.63) is 95.6 Å². The van der Waals surface area contributed by atoms with Gasteiger partial charge in [-0.1, -0.05) is 67.4 Å². The highest BCUT2D eigenvalue weighted by atomic mass is 16.5. The average Bonchev–Trinajstić information content (AvgIpc) is 3.50. The minimum Gasteiger partial charge on any atom is -0.497 e. The molecule has 1 fully saturated rings. The highest BCUT2D eigenvalue weighted by Crippen LogP contribution is 2.42. The van der Waals surface area contributed by atoms with E-state index in [9.17, 15) is 19.5 Å². The predicted molar refractivity (Wildman–Crippen MR) is 178 cm³/mol. The van der Waals surface area contributed by atoms with Gasteiger partial charge in [0.15, 0.2) is 0 Å². The number of unbranched alkanes of at least 4 members (excludes halogenated alkanes) is 3. The van der Waals surface area contributed by atoms with E-state index in [0.717, 1.165) is 47.5 Å². The van der Waals surface area contributed by atoms with Crippen molar-refractivity contribution in [2.24, 2.45) is 0 Å². The van der Waals surface area contributed by atoms with E-state index in [2.05, 4.69) is 4.74 Å². The number of methoxy groups -OCH3 is 3. The van der Waals surface area contributed by atoms with Gasteiger partial charge in [-0.3, -0.25) is 14.4 Å². The Hall–Kier alpha value is -4.21. The Kier molecular flexibility index (Phi) is 13.4. The molecule has 0 spiro atoms. The second-order valence-corrected chi connectivity index (χ2v) is 11.9. The number of hydrogen-bond acceptors (Lipinski definition) is 8. The number of amides is 1. The molecule has 0 aliphatic carbocycles. The zero-order valence-electron chi connectivity index (χ0n) is 27.7. The Morgan fingerprint density at radius 2 is 1.28 bits per heavy atom. The average molecular weight is 646 g/mol. The molecule has 2 atom stereocenters. The number of aliphatic hydroxyl groups excluding tert-OH is 1. The van der Waals surface area contributed by atoms with E-state index >= 15 is 0 Å². The quantitative estimate of drug-likeness (QED) is 0.104. The highest BCUT2D eigenvalue weighted by molar-refractivity contribution is 5.82. The number of ketones is 1. The second-order valence-electron chi connectivity index (χ2n) is 11.9. The minimum absolute atomic E-state index is 0.0106. The molecule has 3 aromatic carbocycles. The summed E-state index contributed by atoms with van der Waals surface area (Å²) in [7, 11) is 4.58. The van der Waals surface area contributed by atoms with E-state index in [4.69, 9.17) is 14.2 Å². The first-order chi connectivity index (χ1) is 22.8. The molecule has 0 aromatic heterocycles. The van der Waals surface area contributed by atoms with Crippen LogP contribution < -0.4 is 9.47 Å². The van der Waals surface area contributed by atoms with E-state index in [1.807, 2.05) is 78.9 Å². The van der Waals surface area contributed by atoms with E-state index in [1.165, 1.54) is 7.11 Å². The Balaban J connectivity index is 1.46. The normalized spacial score (nSPS) is 16.1. The molecule has 0 unspecified atom stereocenters. The molecular weight excluding hydrogens is 598 g/mol. The standard InChI is InChI=1S/C38H47NO8/c1-44-34-20-15-29(16-21-34)38(28-11-7-6-8-12-28,30-17-22-35(45-2)23-18-30)47-27-31-25-33(41)26-39(31)36(42)14-10-5-4-9-13-32(40)19-24-37(43)46-3/h6-8,11-12,15-18,20-23,31,33,41H,4-5,9-10,13-14,19,24-27H2,1-3H3/t31-,33+/m0/s1. The fourth-order valence-electron chi connectivity index (χ4n) is 6.22. The monoisotopic (exact) mass is 645 g/mol. The number of esters is 1. The molecule has 1 heterocycles. The van der Waals surface area contributed by atoms with Gasteiger partial charge in [0.1, 0.15) is 22.9 Å². The summed E-state index contributed by atoms with van der Waals surface area (Å²) in [5.74, 6) is 1.12. The SMILES string of the molecule is COC(=O)CCC(=O)CCCCCCC(=O)N1C[C@H](O)C[C@H]1COC(c1ccccc1)(c1ccc(OC)cc1)c1ccc(OC)cc1. The van der Waals surface area contributed by atoms with Crippen molar-refractivity contribution in [1.29, 1.82) is 0 Å². The maximum absolute atomic E-state index is 13.4. The molecule has 3 aromatic rings. The van der Waals surface area contributed by atoms with Gasteiger partial charge in [-0.05, 0) is 60.2 Å². The van der Waals surface area contributed by atoms with Crippen LogP contribution in [0, 0.1) is 0 Å². The van der Waals surface area contributed by atoms with Gasteiger partial charge in [0.05, 0.1) is 46.5 Å². The van der Waals surface area contributed by atoms with Gasteiger partial charge in [-0.25, -0.2) is 0 Å². The van der Waals surface area contributed by atoms with E-state index in [-0.39, 0.29) is 49.7 Å². The van der Waals surface area contributed by atoms with Crippen LogP contribution in [0.5, 0.6) is 11.5 Å². The van der Waals surface area contributed by atoms with Crippen LogP contribution in [-0.2, 0) is 29.5 Å². The molecule has 47 heavy (non-hydrogen) atoms. The minimum atomic E-state index is -1.02. The number of aliphatic hydroxyl groups is 1. The van der Waals surface area contributed by atoms with Crippen molar-refractivity contribution in [3.63, 3.8) is 0 Å². The first-order valence-corrected chi connectivity index (χ1v) is 16.3. The fraction of sp³-hybridized carbons (Fsp3) is 0.447. The van der Waals surface area contributed by atoms with Crippen LogP contribution in [0.4, 0.5) is 0 Å². The summed E-state index contributed by atoms with van der Waals surface area (Å²) in [5.41, 5.74) is 1.70. The lowest BCUT2D eigenvalue weighted by Gasteiger charge is -2.38. The predicted octanol–water partition coefficient (Wildman–Crippen LogP) is 5.84. The summed E-state index contributed by atoms with van der Waals surface area (Å²) >= 11 is 0. The summed E-state index contributed by atoms with van der Waals surface area (Å²) in [6.07, 6.45) is 3.97. The molecule has 4 rings (SSSR count). The number of carbonyl (C=O) groups excluding carboxylic acids is 3. The molecule has 1 saturated heterocycles. The van der Waals surface area contributed by atoms with Crippen molar-refractivity contribution < 1.29 is 38.4 Å². The smallest absolute Gasteiger partial charge is 0.305 e. The summed E-state index contributed by atoms with van der Waals surface area (Å²) in [6.45, 7) is 0.481. The van der Waals surface area contributed by atoms with E-state index in [0.29, 0.717) is 25.7 Å². The van der Waals surface area contributed by atoms with Crippen molar-refractivity contribution in [3.8, 4) is 11.5 Å². The fourth-order valence-corrected chi connectivity index (χ4v) is 6.22. The Bertz CT molecular complexity index is 1380. The number of likely N-dealkylation sites (tertiary alicyclic amines) is 1. The van der Waals surface area contributed by atoms with Gasteiger partial charge in [0.25, 0.3) is 0 Å². The largest absolute Gasteiger partial charge is 0.497 e. The lowest BCUT2D eigenvalue weighted by molar-refractivity contribution is -0.142. The van der Waals surface area contributed by atoms with Crippen LogP contribution in [-0.4, -0.2) is 74.3 Å². The molecule has 1 N–H and O–H groups in total. The molecular formula is C38H47NO8. The van der Waals surface area contributed by atoms with Crippen LogP contribution >= 0.6 is 0 Å². The highest BCUT2D eigenvalue weighted by Gasteiger charge is 2.41. The van der Waals surface area contributed by atoms with Crippen LogP contribution in [0.3, 0.4) is 0 Å². The molecule has 1 aliphatic heterocycles. The maximum atomic E-state index is 13.4. The zero-order chi connectivity index (χ0) is 33.6. The lowest BCUT2D eigenvalue weighted by Crippen LogP contribution is -2.42. The first kappa shape index (κ1) is 35.6. The van der Waals surface area contributed by atoms with Crippen LogP contribution in [0.2, 0.25) is 0 Å². The Morgan fingerprint density at radius 1 is 0.723 bits per heavy atom. The van der Waals surface area contributed by atoms with Crippen molar-refractivity contribution in [2.75, 3.05) is 34.5 Å². The maximum Gasteiger partial charge on any atom is 0.305 e. The molecule has 9 heteroatoms. The summed E-state index contributed by atoms with van der Waals surface area (Å²) in [5, 5.41) is 10.7. The molecule has 0 bridgehead atoms. The van der Waals surface area contributed by atoms with Crippen LogP contribution in [0.1, 0.15) is 74.5 Å². The third-order valence-electron chi connectivity index (χ3n) is 8.81. The van der Waals surface area contributed by atoms with Gasteiger partial charge in [0.2, 0.25) is 5.91 Å². The molecule has 252 valence electrons. The van der Waals surface area contributed by atoms with Gasteiger partial charge in [-0.2, -0.15) is 0 Å². The molecule has 0 saturated carbocycles. The first-order valence-electron chi connectivity index (χ1n) is 16.3.